The molecule has 0 radical (unpaired) electrons. The molecule has 0 saturated carbocycles. The largest absolute Gasteiger partial charge is 0.478 e. The summed E-state index contributed by atoms with van der Waals surface area (Å²) in [6.07, 6.45) is 1.58. The Bertz CT molecular complexity index is 656. The van der Waals surface area contributed by atoms with Crippen LogP contribution in [0.5, 0.6) is 0 Å². The highest BCUT2D eigenvalue weighted by Gasteiger charge is 2.18. The molecule has 6 nitrogen and oxygen atoms in total. The second-order valence-corrected chi connectivity index (χ2v) is 5.58. The molecule has 1 aliphatic rings. The summed E-state index contributed by atoms with van der Waals surface area (Å²) in [5, 5.41) is 13.1. The summed E-state index contributed by atoms with van der Waals surface area (Å²) in [5.74, 6) is 0.0536. The molecule has 0 saturated heterocycles. The molecule has 0 unspecified atom stereocenters. The number of aromatic carboxylic acids is 1. The molecule has 7 heteroatoms. The van der Waals surface area contributed by atoms with E-state index in [-0.39, 0.29) is 0 Å². The third kappa shape index (κ3) is 2.59. The average Bonchev–Trinajstić information content (AvgIpc) is 2.88. The zero-order valence-corrected chi connectivity index (χ0v) is 12.2. The molecule has 1 aromatic carbocycles. The highest BCUT2D eigenvalue weighted by molar-refractivity contribution is 9.10. The second kappa shape index (κ2) is 5.34. The van der Waals surface area contributed by atoms with Crippen molar-refractivity contribution in [1.29, 1.82) is 0 Å². The van der Waals surface area contributed by atoms with Crippen molar-refractivity contribution in [3.63, 3.8) is 0 Å². The monoisotopic (exact) mass is 336 g/mol. The molecule has 1 aliphatic heterocycles. The van der Waals surface area contributed by atoms with Gasteiger partial charge in [-0.2, -0.15) is 5.10 Å². The van der Waals surface area contributed by atoms with Gasteiger partial charge in [-0.1, -0.05) is 22.0 Å². The summed E-state index contributed by atoms with van der Waals surface area (Å²) < 4.78 is 2.74. The van der Waals surface area contributed by atoms with E-state index in [0.717, 1.165) is 42.0 Å². The quantitative estimate of drug-likeness (QED) is 0.924. The fraction of sp³-hybridized carbons (Fsp3) is 0.308. The smallest absolute Gasteiger partial charge is 0.335 e. The van der Waals surface area contributed by atoms with Crippen molar-refractivity contribution in [3.8, 4) is 0 Å². The number of carboxylic acid groups (broad SMARTS) is 1. The van der Waals surface area contributed by atoms with Crippen LogP contribution in [-0.4, -0.2) is 37.3 Å². The standard InChI is InChI=1S/C13H13BrN4O2/c14-11-5-9(13(19)20)1-2-10(11)6-17-3-4-18-12(7-17)15-8-16-18/h1-2,5,8H,3-4,6-7H2,(H,19,20). The molecule has 0 aliphatic carbocycles. The van der Waals surface area contributed by atoms with E-state index in [4.69, 9.17) is 5.11 Å². The highest BCUT2D eigenvalue weighted by Crippen LogP contribution is 2.22. The molecule has 1 N–H and O–H groups in total. The van der Waals surface area contributed by atoms with Crippen molar-refractivity contribution >= 4 is 21.9 Å². The van der Waals surface area contributed by atoms with Gasteiger partial charge in [0.2, 0.25) is 0 Å². The molecular weight excluding hydrogens is 324 g/mol. The summed E-state index contributed by atoms with van der Waals surface area (Å²) in [4.78, 5) is 17.4. The van der Waals surface area contributed by atoms with E-state index in [1.807, 2.05) is 10.7 Å². The third-order valence-corrected chi connectivity index (χ3v) is 4.12. The summed E-state index contributed by atoms with van der Waals surface area (Å²) >= 11 is 3.44. The molecule has 1 aromatic heterocycles. The van der Waals surface area contributed by atoms with Gasteiger partial charge in [-0.25, -0.2) is 14.5 Å². The lowest BCUT2D eigenvalue weighted by Gasteiger charge is -2.26. The Morgan fingerprint density at radius 1 is 1.40 bits per heavy atom. The first-order valence-corrected chi connectivity index (χ1v) is 7.03. The number of benzene rings is 1. The summed E-state index contributed by atoms with van der Waals surface area (Å²) in [6.45, 7) is 3.25. The first-order chi connectivity index (χ1) is 9.63. The van der Waals surface area contributed by atoms with Crippen LogP contribution in [0.15, 0.2) is 29.0 Å². The molecule has 2 heterocycles. The van der Waals surface area contributed by atoms with Crippen LogP contribution in [0.3, 0.4) is 0 Å². The molecule has 20 heavy (non-hydrogen) atoms. The minimum absolute atomic E-state index is 0.291. The average molecular weight is 337 g/mol. The maximum absolute atomic E-state index is 10.9. The van der Waals surface area contributed by atoms with Gasteiger partial charge in [0.1, 0.15) is 12.2 Å². The fourth-order valence-electron chi connectivity index (χ4n) is 2.30. The molecule has 0 fully saturated rings. The normalized spacial score (nSPS) is 15.1. The van der Waals surface area contributed by atoms with Gasteiger partial charge in [0, 0.05) is 17.6 Å². The van der Waals surface area contributed by atoms with Crippen molar-refractivity contribution in [2.24, 2.45) is 0 Å². The number of halogens is 1. The fourth-order valence-corrected chi connectivity index (χ4v) is 2.80. The Labute approximate surface area is 124 Å². The number of hydrogen-bond acceptors (Lipinski definition) is 4. The summed E-state index contributed by atoms with van der Waals surface area (Å²) in [7, 11) is 0. The number of nitrogens with zero attached hydrogens (tertiary/aromatic N) is 4. The van der Waals surface area contributed by atoms with Crippen molar-refractivity contribution in [2.45, 2.75) is 19.6 Å². The Balaban J connectivity index is 1.74. The topological polar surface area (TPSA) is 71.2 Å². The van der Waals surface area contributed by atoms with Crippen LogP contribution in [0.4, 0.5) is 0 Å². The van der Waals surface area contributed by atoms with Crippen LogP contribution in [0.25, 0.3) is 0 Å². The number of carbonyl (C=O) groups is 1. The molecule has 3 rings (SSSR count). The van der Waals surface area contributed by atoms with Crippen LogP contribution in [0.2, 0.25) is 0 Å². The highest BCUT2D eigenvalue weighted by atomic mass is 79.9. The molecule has 0 atom stereocenters. The van der Waals surface area contributed by atoms with Gasteiger partial charge in [0.15, 0.2) is 0 Å². The molecule has 104 valence electrons. The number of hydrogen-bond donors (Lipinski definition) is 1. The van der Waals surface area contributed by atoms with E-state index in [1.54, 1.807) is 18.5 Å². The van der Waals surface area contributed by atoms with Gasteiger partial charge in [-0.05, 0) is 17.7 Å². The Morgan fingerprint density at radius 2 is 2.25 bits per heavy atom. The lowest BCUT2D eigenvalue weighted by atomic mass is 10.1. The van der Waals surface area contributed by atoms with E-state index in [1.165, 1.54) is 0 Å². The summed E-state index contributed by atoms with van der Waals surface area (Å²) in [5.41, 5.74) is 1.36. The van der Waals surface area contributed by atoms with Crippen molar-refractivity contribution in [1.82, 2.24) is 19.7 Å². The first-order valence-electron chi connectivity index (χ1n) is 6.24. The van der Waals surface area contributed by atoms with Gasteiger partial charge < -0.3 is 5.11 Å². The van der Waals surface area contributed by atoms with E-state index < -0.39 is 5.97 Å². The maximum atomic E-state index is 10.9. The third-order valence-electron chi connectivity index (χ3n) is 3.38. The lowest BCUT2D eigenvalue weighted by Crippen LogP contribution is -2.33. The van der Waals surface area contributed by atoms with Gasteiger partial charge in [-0.3, -0.25) is 4.90 Å². The van der Waals surface area contributed by atoms with Gasteiger partial charge in [-0.15, -0.1) is 0 Å². The van der Waals surface area contributed by atoms with Gasteiger partial charge >= 0.3 is 5.97 Å². The van der Waals surface area contributed by atoms with Crippen LogP contribution in [0, 0.1) is 0 Å². The van der Waals surface area contributed by atoms with E-state index in [2.05, 4.69) is 30.9 Å². The molecule has 0 bridgehead atoms. The SMILES string of the molecule is O=C(O)c1ccc(CN2CCn3ncnc3C2)c(Br)c1. The number of aromatic nitrogens is 3. The van der Waals surface area contributed by atoms with Crippen LogP contribution in [-0.2, 0) is 19.6 Å². The zero-order chi connectivity index (χ0) is 14.1. The van der Waals surface area contributed by atoms with Crippen molar-refractivity contribution in [2.75, 3.05) is 6.54 Å². The Morgan fingerprint density at radius 3 is 3.00 bits per heavy atom. The summed E-state index contributed by atoms with van der Waals surface area (Å²) in [6, 6.07) is 5.13. The predicted molar refractivity (Wildman–Crippen MR) is 75.2 cm³/mol. The number of fused-ring (bicyclic) bond motifs is 1. The lowest BCUT2D eigenvalue weighted by molar-refractivity contribution is 0.0697. The number of rotatable bonds is 3. The van der Waals surface area contributed by atoms with Crippen LogP contribution < -0.4 is 0 Å². The first kappa shape index (κ1) is 13.3. The molecule has 0 spiro atoms. The number of carboxylic acids is 1. The van der Waals surface area contributed by atoms with Gasteiger partial charge in [0.05, 0.1) is 18.7 Å². The van der Waals surface area contributed by atoms with Gasteiger partial charge in [0.25, 0.3) is 0 Å². The van der Waals surface area contributed by atoms with Crippen LogP contribution in [0.1, 0.15) is 21.7 Å². The molecule has 0 amide bonds. The molecule has 2 aromatic rings. The second-order valence-electron chi connectivity index (χ2n) is 4.72. The van der Waals surface area contributed by atoms with Crippen molar-refractivity contribution in [3.05, 3.63) is 46.0 Å². The predicted octanol–water partition coefficient (Wildman–Crippen LogP) is 1.75. The Hall–Kier alpha value is -1.73. The Kier molecular flexibility index (Phi) is 3.54. The van der Waals surface area contributed by atoms with E-state index >= 15 is 0 Å². The van der Waals surface area contributed by atoms with Crippen LogP contribution >= 0.6 is 15.9 Å². The zero-order valence-electron chi connectivity index (χ0n) is 10.7. The molecular formula is C13H13BrN4O2. The van der Waals surface area contributed by atoms with Crippen molar-refractivity contribution < 1.29 is 9.90 Å². The van der Waals surface area contributed by atoms with E-state index in [9.17, 15) is 4.79 Å². The minimum atomic E-state index is -0.914. The van der Waals surface area contributed by atoms with E-state index in [0.29, 0.717) is 5.56 Å². The minimum Gasteiger partial charge on any atom is -0.478 e. The maximum Gasteiger partial charge on any atom is 0.335 e.